The number of nitrogen functional groups attached to an aromatic ring is 1. The Morgan fingerprint density at radius 1 is 1.42 bits per heavy atom. The maximum absolute atomic E-state index is 9.08. The molecule has 0 aliphatic carbocycles. The summed E-state index contributed by atoms with van der Waals surface area (Å²) >= 11 is 3.04. The summed E-state index contributed by atoms with van der Waals surface area (Å²) in [6.45, 7) is 1.95. The lowest BCUT2D eigenvalue weighted by atomic mass is 10.2. The predicted molar refractivity (Wildman–Crippen MR) is 73.3 cm³/mol. The molecule has 5 nitrogen and oxygen atoms in total. The van der Waals surface area contributed by atoms with Crippen LogP contribution in [0.15, 0.2) is 16.5 Å². The second-order valence-corrected chi connectivity index (χ2v) is 5.76. The molecule has 0 spiro atoms. The van der Waals surface area contributed by atoms with Gasteiger partial charge in [0.05, 0.1) is 10.7 Å². The van der Waals surface area contributed by atoms with Crippen LogP contribution in [-0.4, -0.2) is 4.98 Å². The fraction of sp³-hybridized carbons (Fsp3) is 0.167. The molecule has 0 fully saturated rings. The van der Waals surface area contributed by atoms with E-state index in [2.05, 4.69) is 16.0 Å². The number of hydrogen-bond acceptors (Lipinski definition) is 6. The Kier molecular flexibility index (Phi) is 4.00. The van der Waals surface area contributed by atoms with Crippen LogP contribution >= 0.6 is 23.1 Å². The summed E-state index contributed by atoms with van der Waals surface area (Å²) in [6, 6.07) is 5.51. The molecule has 0 aliphatic heterocycles. The third-order valence-electron chi connectivity index (χ3n) is 2.34. The molecule has 2 heterocycles. The number of aryl methyl sites for hydroxylation is 1. The van der Waals surface area contributed by atoms with E-state index in [1.165, 1.54) is 17.8 Å². The van der Waals surface area contributed by atoms with Gasteiger partial charge in [0.15, 0.2) is 5.03 Å². The van der Waals surface area contributed by atoms with E-state index >= 15 is 0 Å². The van der Waals surface area contributed by atoms with E-state index in [1.54, 1.807) is 11.3 Å². The van der Waals surface area contributed by atoms with E-state index in [4.69, 9.17) is 16.3 Å². The number of nitriles is 2. The van der Waals surface area contributed by atoms with Gasteiger partial charge in [-0.05, 0) is 13.0 Å². The molecule has 0 saturated carbocycles. The first-order valence-electron chi connectivity index (χ1n) is 5.34. The van der Waals surface area contributed by atoms with Crippen molar-refractivity contribution in [3.63, 3.8) is 0 Å². The molecular weight excluding hydrogens is 278 g/mol. The molecule has 0 atom stereocenters. The first-order chi connectivity index (χ1) is 9.13. The first kappa shape index (κ1) is 13.3. The number of aromatic amines is 1. The Balaban J connectivity index is 2.23. The highest BCUT2D eigenvalue weighted by Crippen LogP contribution is 2.24. The van der Waals surface area contributed by atoms with Gasteiger partial charge in [-0.2, -0.15) is 10.5 Å². The number of H-pyrrole nitrogens is 1. The van der Waals surface area contributed by atoms with Gasteiger partial charge in [-0.15, -0.1) is 11.3 Å². The van der Waals surface area contributed by atoms with Crippen LogP contribution in [0.25, 0.3) is 0 Å². The van der Waals surface area contributed by atoms with Gasteiger partial charge in [-0.3, -0.25) is 5.73 Å². The first-order valence-corrected chi connectivity index (χ1v) is 7.20. The van der Waals surface area contributed by atoms with Gasteiger partial charge >= 0.3 is 0 Å². The highest BCUT2D eigenvalue weighted by Gasteiger charge is 2.15. The largest absolute Gasteiger partial charge is 0.289 e. The zero-order chi connectivity index (χ0) is 13.8. The van der Waals surface area contributed by atoms with Gasteiger partial charge in [0, 0.05) is 11.1 Å². The molecule has 19 heavy (non-hydrogen) atoms. The quantitative estimate of drug-likeness (QED) is 0.869. The van der Waals surface area contributed by atoms with Crippen LogP contribution in [0.4, 0.5) is 5.82 Å². The van der Waals surface area contributed by atoms with Crippen molar-refractivity contribution in [1.29, 1.82) is 10.5 Å². The summed E-state index contributed by atoms with van der Waals surface area (Å²) in [5, 5.41) is 21.6. The third kappa shape index (κ3) is 3.02. The molecular formula is C12H10N5S2+. The van der Waals surface area contributed by atoms with Crippen molar-refractivity contribution in [2.75, 3.05) is 5.73 Å². The minimum atomic E-state index is 0.276. The topological polar surface area (TPSA) is 101 Å². The lowest BCUT2D eigenvalue weighted by Crippen LogP contribution is -2.16. The summed E-state index contributed by atoms with van der Waals surface area (Å²) in [5.74, 6) is 0.930. The average molecular weight is 288 g/mol. The second kappa shape index (κ2) is 5.70. The van der Waals surface area contributed by atoms with E-state index in [1.807, 2.05) is 18.4 Å². The van der Waals surface area contributed by atoms with E-state index in [0.717, 1.165) is 10.7 Å². The smallest absolute Gasteiger partial charge is 0.286 e. The predicted octanol–water partition coefficient (Wildman–Crippen LogP) is 1.88. The summed E-state index contributed by atoms with van der Waals surface area (Å²) < 4.78 is 0. The Hall–Kier alpha value is -2.09. The summed E-state index contributed by atoms with van der Waals surface area (Å²) in [7, 11) is 0. The number of pyridine rings is 1. The molecule has 0 amide bonds. The average Bonchev–Trinajstić information content (AvgIpc) is 2.82. The van der Waals surface area contributed by atoms with Crippen molar-refractivity contribution >= 4 is 28.9 Å². The van der Waals surface area contributed by atoms with E-state index in [0.29, 0.717) is 16.3 Å². The number of nitrogens with zero attached hydrogens (tertiary/aromatic N) is 3. The third-order valence-corrected chi connectivity index (χ3v) is 4.22. The van der Waals surface area contributed by atoms with Crippen LogP contribution in [0.2, 0.25) is 0 Å². The number of anilines is 1. The van der Waals surface area contributed by atoms with Gasteiger partial charge in [0.25, 0.3) is 5.82 Å². The van der Waals surface area contributed by atoms with Crippen molar-refractivity contribution in [3.05, 3.63) is 33.3 Å². The second-order valence-electron chi connectivity index (χ2n) is 3.71. The van der Waals surface area contributed by atoms with E-state index in [-0.39, 0.29) is 11.4 Å². The zero-order valence-electron chi connectivity index (χ0n) is 10.1. The van der Waals surface area contributed by atoms with Crippen molar-refractivity contribution in [2.45, 2.75) is 17.7 Å². The lowest BCUT2D eigenvalue weighted by Gasteiger charge is -2.00. The maximum atomic E-state index is 9.08. The zero-order valence-corrected chi connectivity index (χ0v) is 11.7. The number of nitrogens with one attached hydrogen (secondary N) is 1. The number of thioether (sulfide) groups is 1. The standard InChI is InChI=1S/C12H9N5S2/c1-7-16-10(5-18-7)6-19-12-9(4-14)2-8(3-13)11(15)17-12/h2,5H,6H2,1H3,(H2,15,17)/p+1. The molecule has 2 rings (SSSR count). The number of nitrogens with two attached hydrogens (primary N) is 1. The Morgan fingerprint density at radius 3 is 2.74 bits per heavy atom. The monoisotopic (exact) mass is 288 g/mol. The molecule has 2 aromatic heterocycles. The van der Waals surface area contributed by atoms with Crippen LogP contribution in [0, 0.1) is 29.6 Å². The van der Waals surface area contributed by atoms with Crippen LogP contribution in [0.1, 0.15) is 21.8 Å². The van der Waals surface area contributed by atoms with E-state index < -0.39 is 0 Å². The normalized spacial score (nSPS) is 9.84. The molecule has 0 radical (unpaired) electrons. The Bertz CT molecular complexity index is 693. The molecule has 7 heteroatoms. The van der Waals surface area contributed by atoms with Crippen molar-refractivity contribution < 1.29 is 4.98 Å². The van der Waals surface area contributed by atoms with Gasteiger partial charge in [-0.25, -0.2) is 9.97 Å². The lowest BCUT2D eigenvalue weighted by molar-refractivity contribution is -0.410. The van der Waals surface area contributed by atoms with Gasteiger partial charge in [0.1, 0.15) is 23.3 Å². The van der Waals surface area contributed by atoms with Crippen molar-refractivity contribution in [1.82, 2.24) is 4.98 Å². The number of thiazole rings is 1. The molecule has 0 saturated heterocycles. The Labute approximate surface area is 118 Å². The summed E-state index contributed by atoms with van der Waals surface area (Å²) in [5.41, 5.74) is 7.38. The maximum Gasteiger partial charge on any atom is 0.289 e. The van der Waals surface area contributed by atoms with Crippen molar-refractivity contribution in [3.8, 4) is 12.1 Å². The molecule has 0 bridgehead atoms. The fourth-order valence-corrected chi connectivity index (χ4v) is 3.06. The highest BCUT2D eigenvalue weighted by atomic mass is 32.2. The Morgan fingerprint density at radius 2 is 2.16 bits per heavy atom. The van der Waals surface area contributed by atoms with Crippen LogP contribution in [0.3, 0.4) is 0 Å². The molecule has 3 N–H and O–H groups in total. The molecule has 0 unspecified atom stereocenters. The number of hydrogen-bond donors (Lipinski definition) is 1. The summed E-state index contributed by atoms with van der Waals surface area (Å²) in [4.78, 5) is 7.25. The van der Waals surface area contributed by atoms with Gasteiger partial charge in [-0.1, -0.05) is 11.8 Å². The van der Waals surface area contributed by atoms with Crippen LogP contribution < -0.4 is 10.7 Å². The summed E-state index contributed by atoms with van der Waals surface area (Å²) in [6.07, 6.45) is 0. The van der Waals surface area contributed by atoms with Gasteiger partial charge < -0.3 is 0 Å². The molecule has 94 valence electrons. The van der Waals surface area contributed by atoms with Gasteiger partial charge in [0.2, 0.25) is 0 Å². The highest BCUT2D eigenvalue weighted by molar-refractivity contribution is 7.98. The number of aromatic nitrogens is 2. The molecule has 0 aliphatic rings. The van der Waals surface area contributed by atoms with Crippen molar-refractivity contribution in [2.24, 2.45) is 0 Å². The fourth-order valence-electron chi connectivity index (χ4n) is 1.45. The minimum absolute atomic E-state index is 0.276. The van der Waals surface area contributed by atoms with E-state index in [9.17, 15) is 0 Å². The van der Waals surface area contributed by atoms with Crippen LogP contribution in [0.5, 0.6) is 0 Å². The SMILES string of the molecule is Cc1nc(CSc2[nH+]c(N)c(C#N)cc2C#N)cs1. The minimum Gasteiger partial charge on any atom is -0.286 e. The molecule has 0 aromatic carbocycles. The van der Waals surface area contributed by atoms with Crippen LogP contribution in [-0.2, 0) is 5.75 Å². The number of rotatable bonds is 3. The molecule has 2 aromatic rings.